The monoisotopic (exact) mass is 347 g/mol. The van der Waals surface area contributed by atoms with E-state index in [-0.39, 0.29) is 0 Å². The van der Waals surface area contributed by atoms with E-state index in [1.54, 1.807) is 37.0 Å². The number of hydrogen-bond donors (Lipinski definition) is 0. The molecule has 0 saturated carbocycles. The van der Waals surface area contributed by atoms with Crippen molar-refractivity contribution in [1.82, 2.24) is 0 Å². The molecule has 5 heteroatoms. The third-order valence-corrected chi connectivity index (χ3v) is 6.23. The van der Waals surface area contributed by atoms with Gasteiger partial charge in [-0.15, -0.1) is 11.8 Å². The maximum atomic E-state index is 12.7. The van der Waals surface area contributed by atoms with Crippen molar-refractivity contribution in [1.29, 1.82) is 0 Å². The molecule has 0 radical (unpaired) electrons. The second kappa shape index (κ2) is 7.23. The number of nitrogens with zero attached hydrogens (tertiary/aromatic N) is 1. The molecule has 122 valence electrons. The molecule has 0 bridgehead atoms. The SMILES string of the molecule is CSc1ccccc1N(C)/C=C(\C)S(=O)(=O)c1ccc(C)cc1. The smallest absolute Gasteiger partial charge is 0.203 e. The first kappa shape index (κ1) is 17.6. The Labute approximate surface area is 142 Å². The molecule has 2 aromatic rings. The van der Waals surface area contributed by atoms with Crippen molar-refractivity contribution < 1.29 is 8.42 Å². The minimum Gasteiger partial charge on any atom is -0.349 e. The van der Waals surface area contributed by atoms with Crippen LogP contribution in [-0.2, 0) is 9.84 Å². The number of rotatable bonds is 5. The number of thioether (sulfide) groups is 1. The Hall–Kier alpha value is -1.72. The van der Waals surface area contributed by atoms with E-state index in [9.17, 15) is 8.42 Å². The number of benzene rings is 2. The fraction of sp³-hybridized carbons (Fsp3) is 0.222. The maximum absolute atomic E-state index is 12.7. The molecule has 0 aromatic heterocycles. The molecule has 0 aliphatic carbocycles. The van der Waals surface area contributed by atoms with Crippen LogP contribution in [0.1, 0.15) is 12.5 Å². The van der Waals surface area contributed by atoms with E-state index in [1.807, 2.05) is 61.5 Å². The topological polar surface area (TPSA) is 37.4 Å². The quantitative estimate of drug-likeness (QED) is 0.747. The van der Waals surface area contributed by atoms with Crippen molar-refractivity contribution in [2.75, 3.05) is 18.2 Å². The van der Waals surface area contributed by atoms with Crippen molar-refractivity contribution in [3.8, 4) is 0 Å². The molecule has 0 N–H and O–H groups in total. The van der Waals surface area contributed by atoms with Crippen LogP contribution < -0.4 is 4.90 Å². The first-order chi connectivity index (χ1) is 10.9. The van der Waals surface area contributed by atoms with Crippen molar-refractivity contribution in [2.45, 2.75) is 23.6 Å². The van der Waals surface area contributed by atoms with Crippen LogP contribution in [0.25, 0.3) is 0 Å². The summed E-state index contributed by atoms with van der Waals surface area (Å²) < 4.78 is 25.3. The van der Waals surface area contributed by atoms with Gasteiger partial charge in [-0.1, -0.05) is 29.8 Å². The van der Waals surface area contributed by atoms with Gasteiger partial charge in [0.1, 0.15) is 0 Å². The molecule has 2 aromatic carbocycles. The summed E-state index contributed by atoms with van der Waals surface area (Å²) >= 11 is 1.64. The molecule has 0 heterocycles. The molecule has 0 aliphatic rings. The summed E-state index contributed by atoms with van der Waals surface area (Å²) in [7, 11) is -1.60. The first-order valence-electron chi connectivity index (χ1n) is 7.22. The zero-order valence-corrected chi connectivity index (χ0v) is 15.4. The van der Waals surface area contributed by atoms with E-state index in [4.69, 9.17) is 0 Å². The second-order valence-corrected chi connectivity index (χ2v) is 8.31. The number of aryl methyl sites for hydroxylation is 1. The fourth-order valence-corrected chi connectivity index (χ4v) is 4.03. The summed E-state index contributed by atoms with van der Waals surface area (Å²) in [6, 6.07) is 14.9. The third-order valence-electron chi connectivity index (χ3n) is 3.60. The largest absolute Gasteiger partial charge is 0.349 e. The van der Waals surface area contributed by atoms with Gasteiger partial charge in [0, 0.05) is 18.1 Å². The summed E-state index contributed by atoms with van der Waals surface area (Å²) in [5.74, 6) is 0. The number of sulfone groups is 1. The average Bonchev–Trinajstić information content (AvgIpc) is 2.55. The van der Waals surface area contributed by atoms with E-state index in [2.05, 4.69) is 0 Å². The second-order valence-electron chi connectivity index (χ2n) is 5.34. The van der Waals surface area contributed by atoms with Gasteiger partial charge in [-0.25, -0.2) is 8.42 Å². The minimum absolute atomic E-state index is 0.319. The van der Waals surface area contributed by atoms with Crippen LogP contribution in [0, 0.1) is 6.92 Å². The lowest BCUT2D eigenvalue weighted by Gasteiger charge is -2.19. The van der Waals surface area contributed by atoms with Crippen LogP contribution >= 0.6 is 11.8 Å². The van der Waals surface area contributed by atoms with Gasteiger partial charge in [-0.2, -0.15) is 0 Å². The lowest BCUT2D eigenvalue weighted by Crippen LogP contribution is -2.13. The van der Waals surface area contributed by atoms with Crippen LogP contribution in [0.2, 0.25) is 0 Å². The first-order valence-corrected chi connectivity index (χ1v) is 9.93. The predicted molar refractivity (Wildman–Crippen MR) is 98.7 cm³/mol. The zero-order chi connectivity index (χ0) is 17.0. The van der Waals surface area contributed by atoms with Gasteiger partial charge in [-0.05, 0) is 44.4 Å². The zero-order valence-electron chi connectivity index (χ0n) is 13.8. The normalized spacial score (nSPS) is 12.3. The Morgan fingerprint density at radius 1 is 1.09 bits per heavy atom. The molecule has 0 fully saturated rings. The maximum Gasteiger partial charge on any atom is 0.203 e. The van der Waals surface area contributed by atoms with Crippen molar-refractivity contribution in [3.05, 3.63) is 65.2 Å². The highest BCUT2D eigenvalue weighted by Crippen LogP contribution is 2.29. The van der Waals surface area contributed by atoms with Gasteiger partial charge in [0.2, 0.25) is 9.84 Å². The molecule has 0 spiro atoms. The van der Waals surface area contributed by atoms with Crippen LogP contribution in [0.4, 0.5) is 5.69 Å². The van der Waals surface area contributed by atoms with Crippen LogP contribution in [-0.4, -0.2) is 21.7 Å². The number of allylic oxidation sites excluding steroid dienone is 1. The highest BCUT2D eigenvalue weighted by Gasteiger charge is 2.18. The Morgan fingerprint density at radius 3 is 2.30 bits per heavy atom. The summed E-state index contributed by atoms with van der Waals surface area (Å²) in [6.45, 7) is 3.57. The Bertz CT molecular complexity index is 809. The highest BCUT2D eigenvalue weighted by molar-refractivity contribution is 7.98. The molecule has 0 unspecified atom stereocenters. The molecule has 23 heavy (non-hydrogen) atoms. The molecule has 0 aliphatic heterocycles. The Morgan fingerprint density at radius 2 is 1.70 bits per heavy atom. The van der Waals surface area contributed by atoms with E-state index >= 15 is 0 Å². The van der Waals surface area contributed by atoms with Crippen molar-refractivity contribution in [3.63, 3.8) is 0 Å². The molecule has 0 amide bonds. The van der Waals surface area contributed by atoms with Crippen LogP contribution in [0.5, 0.6) is 0 Å². The lowest BCUT2D eigenvalue weighted by molar-refractivity contribution is 0.602. The van der Waals surface area contributed by atoms with Crippen molar-refractivity contribution >= 4 is 27.3 Å². The van der Waals surface area contributed by atoms with Crippen LogP contribution in [0.15, 0.2) is 69.4 Å². The summed E-state index contributed by atoms with van der Waals surface area (Å²) in [6.07, 6.45) is 3.68. The van der Waals surface area contributed by atoms with Gasteiger partial charge in [-0.3, -0.25) is 0 Å². The van der Waals surface area contributed by atoms with E-state index < -0.39 is 9.84 Å². The predicted octanol–water partition coefficient (Wildman–Crippen LogP) is 4.49. The summed E-state index contributed by atoms with van der Waals surface area (Å²) in [5.41, 5.74) is 2.02. The average molecular weight is 348 g/mol. The number of hydrogen-bond acceptors (Lipinski definition) is 4. The lowest BCUT2D eigenvalue weighted by atomic mass is 10.2. The van der Waals surface area contributed by atoms with E-state index in [0.29, 0.717) is 9.80 Å². The van der Waals surface area contributed by atoms with Crippen molar-refractivity contribution in [2.24, 2.45) is 0 Å². The Kier molecular flexibility index (Phi) is 5.55. The fourth-order valence-electron chi connectivity index (χ4n) is 2.24. The molecule has 2 rings (SSSR count). The van der Waals surface area contributed by atoms with Gasteiger partial charge in [0.05, 0.1) is 15.5 Å². The highest BCUT2D eigenvalue weighted by atomic mass is 32.2. The number of para-hydroxylation sites is 1. The summed E-state index contributed by atoms with van der Waals surface area (Å²) in [5, 5.41) is 0. The van der Waals surface area contributed by atoms with Gasteiger partial charge >= 0.3 is 0 Å². The van der Waals surface area contributed by atoms with Gasteiger partial charge in [0.15, 0.2) is 0 Å². The molecular weight excluding hydrogens is 326 g/mol. The van der Waals surface area contributed by atoms with Gasteiger partial charge < -0.3 is 4.90 Å². The molecule has 0 saturated heterocycles. The van der Waals surface area contributed by atoms with E-state index in [0.717, 1.165) is 16.1 Å². The molecular formula is C18H21NO2S2. The Balaban J connectivity index is 2.36. The number of anilines is 1. The molecule has 0 atom stereocenters. The third kappa shape index (κ3) is 3.98. The standard InChI is InChI=1S/C18H21NO2S2/c1-14-9-11-16(12-10-14)23(20,21)15(2)13-19(3)17-7-5-6-8-18(17)22-4/h5-13H,1-4H3/b15-13+. The molecule has 3 nitrogen and oxygen atoms in total. The minimum atomic E-state index is -3.47. The van der Waals surface area contributed by atoms with E-state index in [1.165, 1.54) is 0 Å². The summed E-state index contributed by atoms with van der Waals surface area (Å²) in [4.78, 5) is 3.60. The van der Waals surface area contributed by atoms with Gasteiger partial charge in [0.25, 0.3) is 0 Å². The van der Waals surface area contributed by atoms with Crippen LogP contribution in [0.3, 0.4) is 0 Å².